The van der Waals surface area contributed by atoms with Gasteiger partial charge in [-0.25, -0.2) is 4.99 Å². The molecule has 0 spiro atoms. The van der Waals surface area contributed by atoms with Crippen LogP contribution in [0.15, 0.2) is 64.6 Å². The first kappa shape index (κ1) is 20.3. The lowest BCUT2D eigenvalue weighted by Crippen LogP contribution is -2.57. The van der Waals surface area contributed by atoms with E-state index in [0.29, 0.717) is 0 Å². The highest BCUT2D eigenvalue weighted by Crippen LogP contribution is 2.30. The van der Waals surface area contributed by atoms with Gasteiger partial charge in [0.1, 0.15) is 5.84 Å². The van der Waals surface area contributed by atoms with E-state index < -0.39 is 0 Å². The molecule has 5 nitrogen and oxygen atoms in total. The van der Waals surface area contributed by atoms with Crippen LogP contribution in [-0.4, -0.2) is 53.7 Å². The number of benzene rings is 2. The van der Waals surface area contributed by atoms with Gasteiger partial charge in [-0.2, -0.15) is 0 Å². The van der Waals surface area contributed by atoms with Crippen LogP contribution < -0.4 is 0 Å². The van der Waals surface area contributed by atoms with Gasteiger partial charge in [-0.1, -0.05) is 54.6 Å². The Morgan fingerprint density at radius 3 is 2.40 bits per heavy atom. The lowest BCUT2D eigenvalue weighted by atomic mass is 9.94. The van der Waals surface area contributed by atoms with Crippen LogP contribution in [0.2, 0.25) is 0 Å². The molecule has 2 aromatic carbocycles. The zero-order valence-corrected chi connectivity index (χ0v) is 18.3. The molecule has 30 heavy (non-hydrogen) atoms. The fraction of sp³-hybridized carbons (Fsp3) is 0.400. The van der Waals surface area contributed by atoms with Crippen LogP contribution in [0.4, 0.5) is 0 Å². The first-order valence-corrected chi connectivity index (χ1v) is 10.7. The summed E-state index contributed by atoms with van der Waals surface area (Å²) in [6.45, 7) is 4.96. The minimum Gasteiger partial charge on any atom is -0.297 e. The third kappa shape index (κ3) is 3.89. The molecule has 0 aliphatic carbocycles. The normalized spacial score (nSPS) is 21.7. The van der Waals surface area contributed by atoms with Crippen LogP contribution in [0, 0.1) is 5.92 Å². The van der Waals surface area contributed by atoms with E-state index in [2.05, 4.69) is 72.3 Å². The van der Waals surface area contributed by atoms with Crippen LogP contribution >= 0.6 is 0 Å². The summed E-state index contributed by atoms with van der Waals surface area (Å²) in [6.07, 6.45) is 2.68. The van der Waals surface area contributed by atoms with Crippen molar-refractivity contribution >= 4 is 17.7 Å². The number of guanidine groups is 1. The van der Waals surface area contributed by atoms with Gasteiger partial charge in [0.15, 0.2) is 0 Å². The maximum atomic E-state index is 13.0. The van der Waals surface area contributed by atoms with Gasteiger partial charge in [-0.05, 0) is 49.8 Å². The zero-order valence-electron chi connectivity index (χ0n) is 18.3. The molecule has 4 rings (SSSR count). The number of rotatable bonds is 5. The van der Waals surface area contributed by atoms with Crippen molar-refractivity contribution < 1.29 is 4.79 Å². The molecular weight excluding hydrogens is 372 g/mol. The summed E-state index contributed by atoms with van der Waals surface area (Å²) >= 11 is 0. The molecule has 2 aliphatic rings. The van der Waals surface area contributed by atoms with E-state index in [1.54, 1.807) is 11.9 Å². The maximum Gasteiger partial charge on any atom is 0.239 e. The Morgan fingerprint density at radius 1 is 1.07 bits per heavy atom. The lowest BCUT2D eigenvalue weighted by Gasteiger charge is -2.38. The molecule has 0 aromatic heterocycles. The summed E-state index contributed by atoms with van der Waals surface area (Å²) in [5, 5.41) is 0. The predicted molar refractivity (Wildman–Crippen MR) is 123 cm³/mol. The molecule has 1 atom stereocenters. The van der Waals surface area contributed by atoms with Gasteiger partial charge in [0.2, 0.25) is 11.9 Å². The number of aliphatic imine (C=N–C) groups is 2. The fourth-order valence-electron chi connectivity index (χ4n) is 4.43. The standard InChI is InChI=1S/C25H30N4O/c1-25(2)17-29-22(26-3)21(23(30)28(4)24(29)27-25)12-8-9-18-13-15-20(16-14-18)19-10-6-5-7-11-19/h5-7,10-11,13-16,21H,8-9,12,17H2,1-4H3/b26-22+. The molecule has 0 bridgehead atoms. The number of nitrogens with zero attached hydrogens (tertiary/aromatic N) is 4. The molecule has 1 saturated heterocycles. The average Bonchev–Trinajstić information content (AvgIpc) is 3.08. The van der Waals surface area contributed by atoms with Crippen molar-refractivity contribution in [2.24, 2.45) is 15.9 Å². The summed E-state index contributed by atoms with van der Waals surface area (Å²) in [6, 6.07) is 19.2. The molecule has 0 saturated carbocycles. The highest BCUT2D eigenvalue weighted by Gasteiger charge is 2.46. The summed E-state index contributed by atoms with van der Waals surface area (Å²) in [5.41, 5.74) is 3.56. The minimum atomic E-state index is -0.199. The Morgan fingerprint density at radius 2 is 1.73 bits per heavy atom. The van der Waals surface area contributed by atoms with E-state index in [0.717, 1.165) is 37.6 Å². The van der Waals surface area contributed by atoms with Crippen LogP contribution in [0.25, 0.3) is 11.1 Å². The van der Waals surface area contributed by atoms with Crippen molar-refractivity contribution in [3.63, 3.8) is 0 Å². The van der Waals surface area contributed by atoms with Crippen molar-refractivity contribution in [3.8, 4) is 11.1 Å². The third-order valence-corrected chi connectivity index (χ3v) is 5.95. The Balaban J connectivity index is 1.41. The van der Waals surface area contributed by atoms with Gasteiger partial charge in [-0.3, -0.25) is 19.6 Å². The number of hydrogen-bond acceptors (Lipinski definition) is 3. The van der Waals surface area contributed by atoms with E-state index in [4.69, 9.17) is 4.99 Å². The summed E-state index contributed by atoms with van der Waals surface area (Å²) in [7, 11) is 3.61. The van der Waals surface area contributed by atoms with E-state index in [1.807, 2.05) is 13.1 Å². The number of carbonyl (C=O) groups is 1. The first-order chi connectivity index (χ1) is 14.4. The minimum absolute atomic E-state index is 0.0997. The summed E-state index contributed by atoms with van der Waals surface area (Å²) in [4.78, 5) is 26.1. The number of hydrogen-bond donors (Lipinski definition) is 0. The van der Waals surface area contributed by atoms with E-state index in [9.17, 15) is 4.79 Å². The van der Waals surface area contributed by atoms with Gasteiger partial charge < -0.3 is 0 Å². The molecule has 2 heterocycles. The highest BCUT2D eigenvalue weighted by molar-refractivity contribution is 6.19. The Labute approximate surface area is 179 Å². The van der Waals surface area contributed by atoms with Crippen LogP contribution in [0.1, 0.15) is 32.3 Å². The Hall–Kier alpha value is -2.95. The summed E-state index contributed by atoms with van der Waals surface area (Å²) < 4.78 is 0. The third-order valence-electron chi connectivity index (χ3n) is 5.95. The predicted octanol–water partition coefficient (Wildman–Crippen LogP) is 4.24. The zero-order chi connectivity index (χ0) is 21.3. The van der Waals surface area contributed by atoms with E-state index in [1.165, 1.54) is 16.7 Å². The smallest absolute Gasteiger partial charge is 0.239 e. The van der Waals surface area contributed by atoms with E-state index in [-0.39, 0.29) is 17.4 Å². The van der Waals surface area contributed by atoms with Gasteiger partial charge in [-0.15, -0.1) is 0 Å². The van der Waals surface area contributed by atoms with Gasteiger partial charge in [0.05, 0.1) is 18.0 Å². The molecule has 1 amide bonds. The molecule has 0 radical (unpaired) electrons. The quantitative estimate of drug-likeness (QED) is 0.751. The second-order valence-electron chi connectivity index (χ2n) is 8.80. The average molecular weight is 403 g/mol. The number of carbonyl (C=O) groups excluding carboxylic acids is 1. The monoisotopic (exact) mass is 402 g/mol. The van der Waals surface area contributed by atoms with Crippen molar-refractivity contribution in [2.45, 2.75) is 38.6 Å². The van der Waals surface area contributed by atoms with Crippen LogP contribution in [0.5, 0.6) is 0 Å². The molecule has 1 fully saturated rings. The van der Waals surface area contributed by atoms with Crippen molar-refractivity contribution in [1.29, 1.82) is 0 Å². The fourth-order valence-corrected chi connectivity index (χ4v) is 4.43. The largest absolute Gasteiger partial charge is 0.297 e. The second-order valence-corrected chi connectivity index (χ2v) is 8.80. The van der Waals surface area contributed by atoms with Crippen LogP contribution in [-0.2, 0) is 11.2 Å². The SMILES string of the molecule is C/N=C1\C(CCCc2ccc(-c3ccccc3)cc2)C(=O)N(C)C2=NC(C)(C)CN21. The van der Waals surface area contributed by atoms with Gasteiger partial charge in [0, 0.05) is 14.1 Å². The Kier molecular flexibility index (Phi) is 5.46. The lowest BCUT2D eigenvalue weighted by molar-refractivity contribution is -0.129. The molecule has 156 valence electrons. The molecule has 2 aromatic rings. The van der Waals surface area contributed by atoms with Crippen molar-refractivity contribution in [2.75, 3.05) is 20.6 Å². The first-order valence-electron chi connectivity index (χ1n) is 10.7. The number of aryl methyl sites for hydroxylation is 1. The van der Waals surface area contributed by atoms with E-state index >= 15 is 0 Å². The van der Waals surface area contributed by atoms with Gasteiger partial charge in [0.25, 0.3) is 0 Å². The number of fused-ring (bicyclic) bond motifs is 1. The number of amidine groups is 1. The summed E-state index contributed by atoms with van der Waals surface area (Å²) in [5.74, 6) is 1.50. The molecule has 2 aliphatic heterocycles. The molecule has 0 N–H and O–H groups in total. The molecule has 5 heteroatoms. The Bertz CT molecular complexity index is 976. The molecule has 1 unspecified atom stereocenters. The van der Waals surface area contributed by atoms with Crippen LogP contribution in [0.3, 0.4) is 0 Å². The molecular formula is C25H30N4O. The maximum absolute atomic E-state index is 13.0. The number of amides is 1. The second kappa shape index (κ2) is 8.05. The topological polar surface area (TPSA) is 48.3 Å². The van der Waals surface area contributed by atoms with Crippen molar-refractivity contribution in [3.05, 3.63) is 60.2 Å². The van der Waals surface area contributed by atoms with Crippen molar-refractivity contribution in [1.82, 2.24) is 9.80 Å². The highest BCUT2D eigenvalue weighted by atomic mass is 16.2. The van der Waals surface area contributed by atoms with Gasteiger partial charge >= 0.3 is 0 Å².